The van der Waals surface area contributed by atoms with E-state index in [4.69, 9.17) is 24.1 Å². The van der Waals surface area contributed by atoms with Crippen LogP contribution in [0.3, 0.4) is 0 Å². The molecule has 3 rings (SSSR count). The first kappa shape index (κ1) is 29.9. The number of benzene rings is 1. The van der Waals surface area contributed by atoms with Crippen LogP contribution >= 0.6 is 0 Å². The van der Waals surface area contributed by atoms with Gasteiger partial charge in [0.15, 0.2) is 0 Å². The Balaban J connectivity index is -0.000000451. The molecule has 0 aromatic heterocycles. The number of esters is 2. The third-order valence-electron chi connectivity index (χ3n) is 6.14. The molecule has 7 nitrogen and oxygen atoms in total. The predicted octanol–water partition coefficient (Wildman–Crippen LogP) is 5.98. The van der Waals surface area contributed by atoms with Crippen molar-refractivity contribution in [2.45, 2.75) is 85.9 Å². The molecular formula is C27H50O7. The first-order valence-electron chi connectivity index (χ1n) is 12.4. The molecular weight excluding hydrogens is 436 g/mol. The van der Waals surface area contributed by atoms with Crippen LogP contribution in [0.15, 0.2) is 24.3 Å². The summed E-state index contributed by atoms with van der Waals surface area (Å²) in [6, 6.07) is 7.43. The van der Waals surface area contributed by atoms with Crippen LogP contribution in [-0.4, -0.2) is 55.7 Å². The summed E-state index contributed by atoms with van der Waals surface area (Å²) in [6.45, 7) is 16.3. The molecule has 1 N–H and O–H groups in total. The maximum absolute atomic E-state index is 11.4. The lowest BCUT2D eigenvalue weighted by atomic mass is 9.91. The second kappa shape index (κ2) is 15.0. The summed E-state index contributed by atoms with van der Waals surface area (Å²) < 4.78 is 19.8. The van der Waals surface area contributed by atoms with Crippen LogP contribution in [0.5, 0.6) is 5.75 Å². The molecule has 7 heteroatoms. The maximum atomic E-state index is 11.4. The molecule has 2 aliphatic heterocycles. The van der Waals surface area contributed by atoms with E-state index in [0.29, 0.717) is 24.9 Å². The molecule has 4 unspecified atom stereocenters. The Labute approximate surface area is 209 Å². The fraction of sp³-hybridized carbons (Fsp3) is 0.704. The standard InChI is InChI=1S/C10H14O.C9H16O3.C8H14O3.3H2/c1-3-8(2)9-4-6-10(11)7-5-9;1-4-9(2,3)8(10)12-6-7-5-11-7;1-3-6(2)8(9)11-5-7-4-10-7;;;/h4-8,11H,3H2,1-2H3;7H,4-6H2,1-3H3;6-7H,3-5H2,1-2H3;3*1H. The molecule has 0 saturated carbocycles. The Kier molecular flexibility index (Phi) is 13.2. The molecule has 1 aromatic carbocycles. The molecule has 0 radical (unpaired) electrons. The van der Waals surface area contributed by atoms with Gasteiger partial charge in [-0.3, -0.25) is 9.59 Å². The van der Waals surface area contributed by atoms with Crippen LogP contribution in [0, 0.1) is 11.3 Å². The van der Waals surface area contributed by atoms with E-state index < -0.39 is 0 Å². The smallest absolute Gasteiger partial charge is 0.311 e. The van der Waals surface area contributed by atoms with Gasteiger partial charge in [0.25, 0.3) is 0 Å². The molecule has 4 atom stereocenters. The highest BCUT2D eigenvalue weighted by Gasteiger charge is 2.30. The molecule has 0 spiro atoms. The van der Waals surface area contributed by atoms with Gasteiger partial charge in [-0.05, 0) is 56.7 Å². The van der Waals surface area contributed by atoms with Gasteiger partial charge in [-0.1, -0.05) is 46.8 Å². The van der Waals surface area contributed by atoms with Gasteiger partial charge in [0.05, 0.1) is 24.5 Å². The summed E-state index contributed by atoms with van der Waals surface area (Å²) >= 11 is 0. The van der Waals surface area contributed by atoms with E-state index >= 15 is 0 Å². The summed E-state index contributed by atoms with van der Waals surface area (Å²) in [5.74, 6) is 0.727. The maximum Gasteiger partial charge on any atom is 0.311 e. The molecule has 2 fully saturated rings. The minimum absolute atomic E-state index is 0. The van der Waals surface area contributed by atoms with Crippen LogP contribution in [0.25, 0.3) is 0 Å². The highest BCUT2D eigenvalue weighted by molar-refractivity contribution is 5.75. The number of epoxide rings is 2. The number of ether oxygens (including phenoxy) is 4. The average Bonchev–Trinajstić information content (AvgIpc) is 3.76. The van der Waals surface area contributed by atoms with E-state index in [1.54, 1.807) is 12.1 Å². The minimum atomic E-state index is -0.352. The van der Waals surface area contributed by atoms with Crippen molar-refractivity contribution < 1.29 is 37.9 Å². The van der Waals surface area contributed by atoms with Crippen LogP contribution in [0.4, 0.5) is 0 Å². The average molecular weight is 487 g/mol. The second-order valence-corrected chi connectivity index (χ2v) is 9.59. The van der Waals surface area contributed by atoms with E-state index in [1.165, 1.54) is 5.56 Å². The van der Waals surface area contributed by atoms with Crippen LogP contribution in [0.2, 0.25) is 0 Å². The van der Waals surface area contributed by atoms with Crippen LogP contribution in [-0.2, 0) is 28.5 Å². The lowest BCUT2D eigenvalue weighted by Gasteiger charge is -2.19. The fourth-order valence-corrected chi connectivity index (χ4v) is 2.36. The van der Waals surface area contributed by atoms with Crippen molar-refractivity contribution in [3.8, 4) is 5.75 Å². The van der Waals surface area contributed by atoms with E-state index in [9.17, 15) is 9.59 Å². The molecule has 0 aliphatic carbocycles. The second-order valence-electron chi connectivity index (χ2n) is 9.59. The lowest BCUT2D eigenvalue weighted by Crippen LogP contribution is -2.27. The van der Waals surface area contributed by atoms with Gasteiger partial charge >= 0.3 is 11.9 Å². The monoisotopic (exact) mass is 486 g/mol. The van der Waals surface area contributed by atoms with E-state index in [0.717, 1.165) is 32.5 Å². The van der Waals surface area contributed by atoms with Crippen molar-refractivity contribution in [3.05, 3.63) is 29.8 Å². The molecule has 2 saturated heterocycles. The summed E-state index contributed by atoms with van der Waals surface area (Å²) in [5, 5.41) is 9.01. The molecule has 2 aliphatic rings. The summed E-state index contributed by atoms with van der Waals surface area (Å²) in [7, 11) is 0. The quantitative estimate of drug-likeness (QED) is 0.321. The number of hydrogen-bond donors (Lipinski definition) is 1. The van der Waals surface area contributed by atoms with Gasteiger partial charge in [-0.15, -0.1) is 0 Å². The SMILES string of the molecule is CCC(C)(C)C(=O)OCC1CO1.CCC(C)C(=O)OCC1CO1.CCC(C)c1ccc(O)cc1.[HH].[HH].[HH]. The van der Waals surface area contributed by atoms with E-state index in [2.05, 4.69) is 13.8 Å². The van der Waals surface area contributed by atoms with Gasteiger partial charge in [-0.25, -0.2) is 0 Å². The third-order valence-corrected chi connectivity index (χ3v) is 6.14. The normalized spacial score (nSPS) is 19.9. The number of phenolic OH excluding ortho intramolecular Hbond substituents is 1. The number of carbonyl (C=O) groups excluding carboxylic acids is 2. The third kappa shape index (κ3) is 12.4. The molecule has 1 aromatic rings. The van der Waals surface area contributed by atoms with Crippen molar-refractivity contribution in [2.24, 2.45) is 11.3 Å². The van der Waals surface area contributed by atoms with Gasteiger partial charge in [-0.2, -0.15) is 0 Å². The molecule has 200 valence electrons. The number of carbonyl (C=O) groups is 2. The fourth-order valence-electron chi connectivity index (χ4n) is 2.36. The summed E-state index contributed by atoms with van der Waals surface area (Å²) in [5.41, 5.74) is 0.944. The number of phenols is 1. The van der Waals surface area contributed by atoms with Crippen molar-refractivity contribution >= 4 is 11.9 Å². The highest BCUT2D eigenvalue weighted by atomic mass is 16.6. The van der Waals surface area contributed by atoms with E-state index in [1.807, 2.05) is 46.8 Å². The molecule has 34 heavy (non-hydrogen) atoms. The molecule has 0 bridgehead atoms. The van der Waals surface area contributed by atoms with Crippen LogP contribution in [0.1, 0.15) is 83.5 Å². The number of hydrogen-bond acceptors (Lipinski definition) is 7. The summed E-state index contributed by atoms with van der Waals surface area (Å²) in [4.78, 5) is 22.4. The van der Waals surface area contributed by atoms with Crippen molar-refractivity contribution in [2.75, 3.05) is 26.4 Å². The Morgan fingerprint density at radius 3 is 1.91 bits per heavy atom. The van der Waals surface area contributed by atoms with Gasteiger partial charge in [0.2, 0.25) is 0 Å². The first-order valence-corrected chi connectivity index (χ1v) is 12.4. The Morgan fingerprint density at radius 2 is 1.50 bits per heavy atom. The number of aromatic hydroxyl groups is 1. The first-order chi connectivity index (χ1) is 16.0. The lowest BCUT2D eigenvalue weighted by molar-refractivity contribution is -0.154. The number of rotatable bonds is 10. The van der Waals surface area contributed by atoms with Crippen molar-refractivity contribution in [3.63, 3.8) is 0 Å². The van der Waals surface area contributed by atoms with Gasteiger partial charge in [0, 0.05) is 4.28 Å². The van der Waals surface area contributed by atoms with E-state index in [-0.39, 0.29) is 39.8 Å². The Hall–Kier alpha value is -2.12. The topological polar surface area (TPSA) is 97.9 Å². The Bertz CT molecular complexity index is 736. The zero-order valence-electron chi connectivity index (χ0n) is 22.0. The van der Waals surface area contributed by atoms with Gasteiger partial charge < -0.3 is 24.1 Å². The Morgan fingerprint density at radius 1 is 1.00 bits per heavy atom. The van der Waals surface area contributed by atoms with Crippen LogP contribution < -0.4 is 0 Å². The van der Waals surface area contributed by atoms with Gasteiger partial charge in [0.1, 0.15) is 31.2 Å². The van der Waals surface area contributed by atoms with Crippen molar-refractivity contribution in [1.82, 2.24) is 0 Å². The minimum Gasteiger partial charge on any atom is -0.508 e. The summed E-state index contributed by atoms with van der Waals surface area (Å²) in [6.07, 6.45) is 3.14. The predicted molar refractivity (Wildman–Crippen MR) is 138 cm³/mol. The molecule has 2 heterocycles. The zero-order chi connectivity index (χ0) is 25.7. The largest absolute Gasteiger partial charge is 0.508 e. The van der Waals surface area contributed by atoms with Crippen molar-refractivity contribution in [1.29, 1.82) is 0 Å². The highest BCUT2D eigenvalue weighted by Crippen LogP contribution is 2.22. The zero-order valence-corrected chi connectivity index (χ0v) is 22.0. The molecule has 0 amide bonds.